The number of ether oxygens (including phenoxy) is 1. The SMILES string of the molecule is CNC(=O)c1cc2[nH]c(=O)n(C3CCN(CC(=O)N4CCC(OC)(C(F)(F)F)CC4)CC3)c2cc1F. The molecule has 1 aromatic carbocycles. The van der Waals surface area contributed by atoms with E-state index >= 15 is 0 Å². The number of halogens is 4. The van der Waals surface area contributed by atoms with Gasteiger partial charge in [-0.3, -0.25) is 19.1 Å². The molecule has 2 amide bonds. The third-order valence-electron chi connectivity index (χ3n) is 7.39. The fourth-order valence-corrected chi connectivity index (χ4v) is 5.17. The third-order valence-corrected chi connectivity index (χ3v) is 7.39. The van der Waals surface area contributed by atoms with Gasteiger partial charge in [-0.1, -0.05) is 0 Å². The maximum absolute atomic E-state index is 14.5. The van der Waals surface area contributed by atoms with Crippen molar-refractivity contribution in [1.82, 2.24) is 24.7 Å². The van der Waals surface area contributed by atoms with Gasteiger partial charge in [0.05, 0.1) is 23.1 Å². The molecule has 0 saturated carbocycles. The van der Waals surface area contributed by atoms with Crippen molar-refractivity contribution >= 4 is 22.8 Å². The van der Waals surface area contributed by atoms with Gasteiger partial charge in [0.1, 0.15) is 5.82 Å². The molecule has 2 fully saturated rings. The summed E-state index contributed by atoms with van der Waals surface area (Å²) in [5.74, 6) is -1.57. The van der Waals surface area contributed by atoms with Crippen LogP contribution in [0.5, 0.6) is 0 Å². The number of benzene rings is 1. The number of piperidine rings is 2. The quantitative estimate of drug-likeness (QED) is 0.594. The van der Waals surface area contributed by atoms with Crippen LogP contribution in [-0.4, -0.2) is 89.8 Å². The van der Waals surface area contributed by atoms with Gasteiger partial charge >= 0.3 is 11.9 Å². The van der Waals surface area contributed by atoms with Gasteiger partial charge in [-0.05, 0) is 18.9 Å². The number of carbonyl (C=O) groups is 2. The number of H-pyrrole nitrogens is 1. The van der Waals surface area contributed by atoms with Crippen molar-refractivity contribution in [2.45, 2.75) is 43.5 Å². The van der Waals surface area contributed by atoms with Crippen molar-refractivity contribution in [1.29, 1.82) is 0 Å². The molecule has 9 nitrogen and oxygen atoms in total. The van der Waals surface area contributed by atoms with Crippen LogP contribution in [0.3, 0.4) is 0 Å². The zero-order chi connectivity index (χ0) is 26.3. The number of hydrogen-bond acceptors (Lipinski definition) is 5. The zero-order valence-corrected chi connectivity index (χ0v) is 20.1. The molecule has 0 bridgehead atoms. The predicted molar refractivity (Wildman–Crippen MR) is 122 cm³/mol. The van der Waals surface area contributed by atoms with Gasteiger partial charge in [0.25, 0.3) is 5.91 Å². The molecule has 4 rings (SSSR count). The molecule has 13 heteroatoms. The normalized spacial score (nSPS) is 19.6. The van der Waals surface area contributed by atoms with Gasteiger partial charge in [-0.15, -0.1) is 0 Å². The number of nitrogens with one attached hydrogen (secondary N) is 2. The lowest BCUT2D eigenvalue weighted by atomic mass is 9.90. The van der Waals surface area contributed by atoms with Gasteiger partial charge in [0.15, 0.2) is 5.60 Å². The first kappa shape index (κ1) is 26.1. The minimum atomic E-state index is -4.49. The van der Waals surface area contributed by atoms with Gasteiger partial charge < -0.3 is 19.9 Å². The van der Waals surface area contributed by atoms with Crippen LogP contribution >= 0.6 is 0 Å². The van der Waals surface area contributed by atoms with E-state index in [1.807, 2.05) is 4.90 Å². The largest absolute Gasteiger partial charge is 0.417 e. The number of carbonyl (C=O) groups excluding carboxylic acids is 2. The topological polar surface area (TPSA) is 99.7 Å². The number of amides is 2. The second kappa shape index (κ2) is 9.85. The molecule has 1 aromatic heterocycles. The van der Waals surface area contributed by atoms with Crippen LogP contribution in [0.4, 0.5) is 17.6 Å². The fourth-order valence-electron chi connectivity index (χ4n) is 5.17. The minimum Gasteiger partial charge on any atom is -0.369 e. The maximum Gasteiger partial charge on any atom is 0.417 e. The second-order valence-electron chi connectivity index (χ2n) is 9.31. The number of methoxy groups -OCH3 is 1. The van der Waals surface area contributed by atoms with Crippen LogP contribution in [0.2, 0.25) is 0 Å². The third kappa shape index (κ3) is 4.73. The molecule has 2 aliphatic rings. The lowest BCUT2D eigenvalue weighted by molar-refractivity contribution is -0.281. The van der Waals surface area contributed by atoms with E-state index in [0.29, 0.717) is 37.0 Å². The molecule has 2 aromatic rings. The highest BCUT2D eigenvalue weighted by atomic mass is 19.4. The van der Waals surface area contributed by atoms with Crippen LogP contribution in [0.15, 0.2) is 16.9 Å². The molecule has 0 atom stereocenters. The van der Waals surface area contributed by atoms with Crippen LogP contribution < -0.4 is 11.0 Å². The molecule has 3 heterocycles. The van der Waals surface area contributed by atoms with Crippen molar-refractivity contribution in [2.75, 3.05) is 46.9 Å². The fraction of sp³-hybridized carbons (Fsp3) is 0.609. The average Bonchev–Trinajstić information content (AvgIpc) is 3.17. The predicted octanol–water partition coefficient (Wildman–Crippen LogP) is 2.04. The molecule has 198 valence electrons. The lowest BCUT2D eigenvalue weighted by Crippen LogP contribution is -2.56. The number of fused-ring (bicyclic) bond motifs is 1. The highest BCUT2D eigenvalue weighted by Crippen LogP contribution is 2.41. The van der Waals surface area contributed by atoms with E-state index in [1.165, 1.54) is 28.6 Å². The molecule has 2 N–H and O–H groups in total. The Morgan fingerprint density at radius 3 is 2.36 bits per heavy atom. The van der Waals surface area contributed by atoms with E-state index in [0.717, 1.165) is 7.11 Å². The summed E-state index contributed by atoms with van der Waals surface area (Å²) in [6.45, 7) is 0.999. The number of imidazole rings is 1. The highest BCUT2D eigenvalue weighted by Gasteiger charge is 2.56. The molecule has 0 aliphatic carbocycles. The molecule has 2 saturated heterocycles. The Balaban J connectivity index is 1.37. The van der Waals surface area contributed by atoms with Crippen molar-refractivity contribution < 1.29 is 31.9 Å². The van der Waals surface area contributed by atoms with E-state index < -0.39 is 29.2 Å². The number of hydrogen-bond donors (Lipinski definition) is 2. The molecular formula is C23H29F4N5O4. The number of aromatic nitrogens is 2. The smallest absolute Gasteiger partial charge is 0.369 e. The van der Waals surface area contributed by atoms with Gasteiger partial charge in [-0.25, -0.2) is 9.18 Å². The Morgan fingerprint density at radius 1 is 1.17 bits per heavy atom. The Bertz CT molecular complexity index is 1190. The van der Waals surface area contributed by atoms with Crippen LogP contribution in [0, 0.1) is 5.82 Å². The summed E-state index contributed by atoms with van der Waals surface area (Å²) in [5.41, 5.74) is -2.07. The van der Waals surface area contributed by atoms with E-state index in [1.54, 1.807) is 0 Å². The Hall–Kier alpha value is -2.93. The Kier molecular flexibility index (Phi) is 7.15. The summed E-state index contributed by atoms with van der Waals surface area (Å²) in [6, 6.07) is 2.25. The standard InChI is InChI=1S/C23H29F4N5O4/c1-28-20(34)15-11-17-18(12-16(15)24)32(21(35)29-17)14-3-7-30(8-4-14)13-19(33)31-9-5-22(36-2,6-10-31)23(25,26)27/h11-12,14H,3-10,13H2,1-2H3,(H,28,34)(H,29,35). The molecule has 0 radical (unpaired) electrons. The van der Waals surface area contributed by atoms with E-state index in [9.17, 15) is 31.9 Å². The number of rotatable bonds is 5. The van der Waals surface area contributed by atoms with Gasteiger partial charge in [0, 0.05) is 65.3 Å². The van der Waals surface area contributed by atoms with Gasteiger partial charge in [-0.2, -0.15) is 13.2 Å². The summed E-state index contributed by atoms with van der Waals surface area (Å²) >= 11 is 0. The first-order chi connectivity index (χ1) is 17.0. The summed E-state index contributed by atoms with van der Waals surface area (Å²) in [5, 5.41) is 2.36. The molecule has 36 heavy (non-hydrogen) atoms. The average molecular weight is 516 g/mol. The van der Waals surface area contributed by atoms with E-state index in [-0.39, 0.29) is 50.0 Å². The van der Waals surface area contributed by atoms with E-state index in [4.69, 9.17) is 4.74 Å². The van der Waals surface area contributed by atoms with Crippen LogP contribution in [-0.2, 0) is 9.53 Å². The summed E-state index contributed by atoms with van der Waals surface area (Å²) in [4.78, 5) is 43.2. The summed E-state index contributed by atoms with van der Waals surface area (Å²) in [6.07, 6.45) is -4.04. The molecular weight excluding hydrogens is 486 g/mol. The highest BCUT2D eigenvalue weighted by molar-refractivity contribution is 5.97. The summed E-state index contributed by atoms with van der Waals surface area (Å²) in [7, 11) is 2.43. The van der Waals surface area contributed by atoms with Gasteiger partial charge in [0.2, 0.25) is 5.91 Å². The first-order valence-corrected chi connectivity index (χ1v) is 11.8. The second-order valence-corrected chi connectivity index (χ2v) is 9.31. The Labute approximate surface area is 204 Å². The minimum absolute atomic E-state index is 0.0308. The van der Waals surface area contributed by atoms with Crippen molar-refractivity contribution in [3.05, 3.63) is 34.0 Å². The number of nitrogens with zero attached hydrogens (tertiary/aromatic N) is 3. The molecule has 0 unspecified atom stereocenters. The number of likely N-dealkylation sites (tertiary alicyclic amines) is 2. The van der Waals surface area contributed by atoms with Crippen molar-refractivity contribution in [3.63, 3.8) is 0 Å². The lowest BCUT2D eigenvalue weighted by Gasteiger charge is -2.42. The van der Waals surface area contributed by atoms with Crippen molar-refractivity contribution in [3.8, 4) is 0 Å². The molecule has 2 aliphatic heterocycles. The summed E-state index contributed by atoms with van der Waals surface area (Å²) < 4.78 is 60.9. The molecule has 0 spiro atoms. The van der Waals surface area contributed by atoms with E-state index in [2.05, 4.69) is 10.3 Å². The van der Waals surface area contributed by atoms with Crippen LogP contribution in [0.25, 0.3) is 11.0 Å². The number of aromatic amines is 1. The zero-order valence-electron chi connectivity index (χ0n) is 20.1. The number of alkyl halides is 3. The van der Waals surface area contributed by atoms with Crippen molar-refractivity contribution in [2.24, 2.45) is 0 Å². The maximum atomic E-state index is 14.5. The van der Waals surface area contributed by atoms with Crippen LogP contribution in [0.1, 0.15) is 42.1 Å². The monoisotopic (exact) mass is 515 g/mol. The Morgan fingerprint density at radius 2 is 1.81 bits per heavy atom. The first-order valence-electron chi connectivity index (χ1n) is 11.8.